The molecule has 2 aromatic carbocycles. The summed E-state index contributed by atoms with van der Waals surface area (Å²) in [6.07, 6.45) is 0. The minimum Gasteiger partial charge on any atom is -0.497 e. The Bertz CT molecular complexity index is 700. The normalized spacial score (nSPS) is 12.0. The summed E-state index contributed by atoms with van der Waals surface area (Å²) in [6, 6.07) is 6.56. The van der Waals surface area contributed by atoms with Crippen LogP contribution in [0.3, 0.4) is 0 Å². The smallest absolute Gasteiger partial charge is 0.145 e. The van der Waals surface area contributed by atoms with E-state index in [0.717, 1.165) is 22.4 Å². The summed E-state index contributed by atoms with van der Waals surface area (Å²) in [7, 11) is 4.73. The van der Waals surface area contributed by atoms with Crippen LogP contribution in [0.1, 0.15) is 5.56 Å². The van der Waals surface area contributed by atoms with E-state index in [9.17, 15) is 4.39 Å². The first-order chi connectivity index (χ1) is 10.2. The number of nitrogens with one attached hydrogen (secondary N) is 1. The van der Waals surface area contributed by atoms with Gasteiger partial charge in [0.05, 0.1) is 27.0 Å². The monoisotopic (exact) mass is 289 g/mol. The topological polar surface area (TPSA) is 39.7 Å². The number of rotatable bonds is 3. The van der Waals surface area contributed by atoms with E-state index in [2.05, 4.69) is 5.32 Å². The molecule has 2 aromatic rings. The molecule has 0 bridgehead atoms. The van der Waals surface area contributed by atoms with Gasteiger partial charge in [-0.1, -0.05) is 0 Å². The van der Waals surface area contributed by atoms with Gasteiger partial charge in [0.2, 0.25) is 0 Å². The SMILES string of the molecule is COc1cc(OC)c2c(c1)-c1cc(F)cc(OC)c1NC2. The molecule has 21 heavy (non-hydrogen) atoms. The molecule has 3 rings (SSSR count). The summed E-state index contributed by atoms with van der Waals surface area (Å²) in [5.74, 6) is 1.52. The van der Waals surface area contributed by atoms with Crippen molar-refractivity contribution < 1.29 is 18.6 Å². The lowest BCUT2D eigenvalue weighted by molar-refractivity contribution is 0.391. The number of halogens is 1. The summed E-state index contributed by atoms with van der Waals surface area (Å²) >= 11 is 0. The molecular formula is C16H16FNO3. The van der Waals surface area contributed by atoms with Gasteiger partial charge < -0.3 is 19.5 Å². The molecule has 0 amide bonds. The van der Waals surface area contributed by atoms with Gasteiger partial charge >= 0.3 is 0 Å². The van der Waals surface area contributed by atoms with Gasteiger partial charge in [-0.3, -0.25) is 0 Å². The van der Waals surface area contributed by atoms with E-state index >= 15 is 0 Å². The molecule has 0 saturated heterocycles. The summed E-state index contributed by atoms with van der Waals surface area (Å²) in [5, 5.41) is 3.27. The van der Waals surface area contributed by atoms with E-state index in [1.54, 1.807) is 14.2 Å². The van der Waals surface area contributed by atoms with Gasteiger partial charge in [-0.15, -0.1) is 0 Å². The Hall–Kier alpha value is -2.43. The average Bonchev–Trinajstić information content (AvgIpc) is 2.52. The zero-order valence-corrected chi connectivity index (χ0v) is 12.1. The Morgan fingerprint density at radius 2 is 1.67 bits per heavy atom. The van der Waals surface area contributed by atoms with Crippen LogP contribution in [0.25, 0.3) is 11.1 Å². The predicted molar refractivity (Wildman–Crippen MR) is 78.8 cm³/mol. The number of methoxy groups -OCH3 is 3. The maximum atomic E-state index is 13.8. The van der Waals surface area contributed by atoms with Gasteiger partial charge in [0.15, 0.2) is 0 Å². The average molecular weight is 289 g/mol. The van der Waals surface area contributed by atoms with Crippen LogP contribution in [-0.2, 0) is 6.54 Å². The minimum atomic E-state index is -0.345. The Balaban J connectivity index is 2.29. The fraction of sp³-hybridized carbons (Fsp3) is 0.250. The number of hydrogen-bond donors (Lipinski definition) is 1. The van der Waals surface area contributed by atoms with Crippen molar-refractivity contribution in [3.8, 4) is 28.4 Å². The van der Waals surface area contributed by atoms with E-state index in [0.29, 0.717) is 23.8 Å². The van der Waals surface area contributed by atoms with Crippen LogP contribution in [0.5, 0.6) is 17.2 Å². The van der Waals surface area contributed by atoms with Gasteiger partial charge in [-0.25, -0.2) is 4.39 Å². The highest BCUT2D eigenvalue weighted by Crippen LogP contribution is 2.45. The van der Waals surface area contributed by atoms with E-state index in [-0.39, 0.29) is 5.82 Å². The molecule has 0 aromatic heterocycles. The maximum Gasteiger partial charge on any atom is 0.145 e. The van der Waals surface area contributed by atoms with E-state index < -0.39 is 0 Å². The van der Waals surface area contributed by atoms with Crippen LogP contribution in [-0.4, -0.2) is 21.3 Å². The van der Waals surface area contributed by atoms with Crippen LogP contribution < -0.4 is 19.5 Å². The summed E-state index contributed by atoms with van der Waals surface area (Å²) in [6.45, 7) is 0.581. The third kappa shape index (κ3) is 2.14. The number of hydrogen-bond acceptors (Lipinski definition) is 4. The van der Waals surface area contributed by atoms with Gasteiger partial charge in [-0.2, -0.15) is 0 Å². The van der Waals surface area contributed by atoms with Crippen LogP contribution >= 0.6 is 0 Å². The third-order valence-corrected chi connectivity index (χ3v) is 3.66. The van der Waals surface area contributed by atoms with Gasteiger partial charge in [0.1, 0.15) is 23.1 Å². The van der Waals surface area contributed by atoms with E-state index in [1.165, 1.54) is 19.2 Å². The number of anilines is 1. The summed E-state index contributed by atoms with van der Waals surface area (Å²) in [4.78, 5) is 0. The Morgan fingerprint density at radius 3 is 2.33 bits per heavy atom. The maximum absolute atomic E-state index is 13.8. The molecule has 0 aliphatic carbocycles. The molecule has 1 aliphatic rings. The predicted octanol–water partition coefficient (Wildman–Crippen LogP) is 3.44. The van der Waals surface area contributed by atoms with Crippen molar-refractivity contribution in [3.05, 3.63) is 35.6 Å². The van der Waals surface area contributed by atoms with Crippen molar-refractivity contribution in [2.24, 2.45) is 0 Å². The second-order valence-electron chi connectivity index (χ2n) is 4.74. The van der Waals surface area contributed by atoms with Crippen LogP contribution in [0, 0.1) is 5.82 Å². The van der Waals surface area contributed by atoms with Crippen molar-refractivity contribution in [2.75, 3.05) is 26.6 Å². The lowest BCUT2D eigenvalue weighted by Crippen LogP contribution is -2.12. The first kappa shape index (κ1) is 13.5. The Kier molecular flexibility index (Phi) is 3.33. The number of benzene rings is 2. The van der Waals surface area contributed by atoms with Gasteiger partial charge in [0.25, 0.3) is 0 Å². The lowest BCUT2D eigenvalue weighted by atomic mass is 9.93. The fourth-order valence-electron chi connectivity index (χ4n) is 2.66. The van der Waals surface area contributed by atoms with E-state index in [1.807, 2.05) is 12.1 Å². The van der Waals surface area contributed by atoms with Crippen molar-refractivity contribution in [1.82, 2.24) is 0 Å². The highest BCUT2D eigenvalue weighted by Gasteiger charge is 2.24. The molecule has 0 spiro atoms. The first-order valence-electron chi connectivity index (χ1n) is 6.54. The molecule has 1 N–H and O–H groups in total. The van der Waals surface area contributed by atoms with Gasteiger partial charge in [-0.05, 0) is 17.7 Å². The molecule has 5 heteroatoms. The molecule has 4 nitrogen and oxygen atoms in total. The molecule has 0 unspecified atom stereocenters. The minimum absolute atomic E-state index is 0.345. The first-order valence-corrected chi connectivity index (χ1v) is 6.54. The Morgan fingerprint density at radius 1 is 0.905 bits per heavy atom. The molecule has 1 aliphatic heterocycles. The molecule has 110 valence electrons. The van der Waals surface area contributed by atoms with Crippen molar-refractivity contribution in [3.63, 3.8) is 0 Å². The zero-order chi connectivity index (χ0) is 15.0. The quantitative estimate of drug-likeness (QED) is 0.939. The molecular weight excluding hydrogens is 273 g/mol. The molecule has 1 heterocycles. The van der Waals surface area contributed by atoms with Crippen molar-refractivity contribution >= 4 is 5.69 Å². The molecule has 0 saturated carbocycles. The molecule has 0 atom stereocenters. The second kappa shape index (κ2) is 5.16. The largest absolute Gasteiger partial charge is 0.497 e. The molecule has 0 fully saturated rings. The zero-order valence-electron chi connectivity index (χ0n) is 12.1. The molecule has 0 radical (unpaired) electrons. The fourth-order valence-corrected chi connectivity index (χ4v) is 2.66. The van der Waals surface area contributed by atoms with Crippen LogP contribution in [0.2, 0.25) is 0 Å². The Labute approximate surface area is 122 Å². The highest BCUT2D eigenvalue weighted by atomic mass is 19.1. The number of ether oxygens (including phenoxy) is 3. The van der Waals surface area contributed by atoms with Crippen LogP contribution in [0.15, 0.2) is 24.3 Å². The van der Waals surface area contributed by atoms with E-state index in [4.69, 9.17) is 14.2 Å². The standard InChI is InChI=1S/C16H16FNO3/c1-19-10-6-11-12-4-9(17)5-15(21-3)16(12)18-8-13(11)14(7-10)20-2/h4-7,18H,8H2,1-3H3. The van der Waals surface area contributed by atoms with Crippen LogP contribution in [0.4, 0.5) is 10.1 Å². The third-order valence-electron chi connectivity index (χ3n) is 3.66. The second-order valence-corrected chi connectivity index (χ2v) is 4.74. The summed E-state index contributed by atoms with van der Waals surface area (Å²) in [5.41, 5.74) is 3.38. The number of fused-ring (bicyclic) bond motifs is 3. The van der Waals surface area contributed by atoms with Crippen molar-refractivity contribution in [2.45, 2.75) is 6.54 Å². The highest BCUT2D eigenvalue weighted by molar-refractivity contribution is 5.88. The summed E-state index contributed by atoms with van der Waals surface area (Å²) < 4.78 is 29.8. The van der Waals surface area contributed by atoms with Crippen molar-refractivity contribution in [1.29, 1.82) is 0 Å². The lowest BCUT2D eigenvalue weighted by Gasteiger charge is -2.25. The van der Waals surface area contributed by atoms with Gasteiger partial charge in [0, 0.05) is 29.8 Å².